The molecule has 1 aliphatic heterocycles. The van der Waals surface area contributed by atoms with E-state index in [4.69, 9.17) is 19.0 Å². The summed E-state index contributed by atoms with van der Waals surface area (Å²) < 4.78 is 18.6. The Morgan fingerprint density at radius 3 is 2.63 bits per heavy atom. The summed E-state index contributed by atoms with van der Waals surface area (Å²) in [4.78, 5) is 12.0. The van der Waals surface area contributed by atoms with Gasteiger partial charge in [0.05, 0.1) is 41.4 Å². The van der Waals surface area contributed by atoms with E-state index < -0.39 is 6.29 Å². The van der Waals surface area contributed by atoms with Gasteiger partial charge in [0.1, 0.15) is 11.5 Å². The van der Waals surface area contributed by atoms with Crippen LogP contribution < -0.4 is 0 Å². The third kappa shape index (κ3) is 3.47. The monoisotopic (exact) mass is 423 g/mol. The Labute approximate surface area is 175 Å². The minimum atomic E-state index is -0.609. The molecule has 0 amide bonds. The van der Waals surface area contributed by atoms with E-state index in [-0.39, 0.29) is 10.6 Å². The van der Waals surface area contributed by atoms with Crippen LogP contribution in [0.3, 0.4) is 0 Å². The average molecular weight is 423 g/mol. The van der Waals surface area contributed by atoms with Crippen LogP contribution in [0, 0.1) is 10.1 Å². The normalized spacial score (nSPS) is 14.5. The Hall–Kier alpha value is -3.14. The van der Waals surface area contributed by atoms with E-state index in [9.17, 15) is 10.1 Å². The summed E-state index contributed by atoms with van der Waals surface area (Å²) in [6.45, 7) is 0.957. The van der Waals surface area contributed by atoms with Crippen molar-refractivity contribution in [2.75, 3.05) is 13.2 Å². The van der Waals surface area contributed by atoms with Gasteiger partial charge in [0.2, 0.25) is 6.29 Å². The van der Waals surface area contributed by atoms with Gasteiger partial charge in [-0.25, -0.2) is 4.68 Å². The third-order valence-corrected chi connectivity index (χ3v) is 5.83. The van der Waals surface area contributed by atoms with Crippen molar-refractivity contribution in [3.05, 3.63) is 82.4 Å². The van der Waals surface area contributed by atoms with E-state index in [1.807, 2.05) is 42.5 Å². The summed E-state index contributed by atoms with van der Waals surface area (Å²) in [6.07, 6.45) is 1.000. The van der Waals surface area contributed by atoms with Crippen molar-refractivity contribution in [2.24, 2.45) is 0 Å². The van der Waals surface area contributed by atoms with Crippen LogP contribution in [0.4, 0.5) is 5.69 Å². The van der Waals surface area contributed by atoms with E-state index in [1.165, 1.54) is 11.8 Å². The summed E-state index contributed by atoms with van der Waals surface area (Å²) in [5.41, 5.74) is 2.05. The van der Waals surface area contributed by atoms with Gasteiger partial charge >= 0.3 is 0 Å². The number of nitro benzene ring substituents is 1. The SMILES string of the molecule is O=[N+]([O-])c1cc(SCc2ccco2)c2c(C3OCCO3)nn(-c3ccccc3)c2c1. The molecular weight excluding hydrogens is 406 g/mol. The van der Waals surface area contributed by atoms with E-state index in [2.05, 4.69) is 0 Å². The van der Waals surface area contributed by atoms with Gasteiger partial charge in [0, 0.05) is 22.4 Å². The molecule has 3 heterocycles. The number of ether oxygens (including phenoxy) is 2. The minimum Gasteiger partial charge on any atom is -0.468 e. The van der Waals surface area contributed by atoms with Gasteiger partial charge in [-0.3, -0.25) is 10.1 Å². The molecule has 5 rings (SSSR count). The van der Waals surface area contributed by atoms with Gasteiger partial charge in [0.25, 0.3) is 5.69 Å². The van der Waals surface area contributed by atoms with Gasteiger partial charge < -0.3 is 13.9 Å². The summed E-state index contributed by atoms with van der Waals surface area (Å²) in [6, 6.07) is 16.3. The van der Waals surface area contributed by atoms with Gasteiger partial charge in [-0.05, 0) is 24.3 Å². The zero-order chi connectivity index (χ0) is 20.5. The highest BCUT2D eigenvalue weighted by Crippen LogP contribution is 2.40. The number of aromatic nitrogens is 2. The summed E-state index contributed by atoms with van der Waals surface area (Å²) in [5.74, 6) is 1.32. The highest BCUT2D eigenvalue weighted by molar-refractivity contribution is 7.98. The number of para-hydroxylation sites is 1. The number of nitrogens with zero attached hydrogens (tertiary/aromatic N) is 3. The number of hydrogen-bond acceptors (Lipinski definition) is 7. The highest BCUT2D eigenvalue weighted by Gasteiger charge is 2.29. The Bertz CT molecular complexity index is 1180. The predicted molar refractivity (Wildman–Crippen MR) is 111 cm³/mol. The molecule has 1 aliphatic rings. The number of nitro groups is 1. The molecule has 0 radical (unpaired) electrons. The molecule has 4 aromatic rings. The Balaban J connectivity index is 1.71. The third-order valence-electron chi connectivity index (χ3n) is 4.76. The lowest BCUT2D eigenvalue weighted by Crippen LogP contribution is -2.02. The zero-order valence-corrected chi connectivity index (χ0v) is 16.6. The number of fused-ring (bicyclic) bond motifs is 1. The first kappa shape index (κ1) is 18.9. The smallest absolute Gasteiger partial charge is 0.272 e. The summed E-state index contributed by atoms with van der Waals surface area (Å²) in [5, 5.41) is 17.2. The molecule has 1 saturated heterocycles. The quantitative estimate of drug-likeness (QED) is 0.248. The number of thioether (sulfide) groups is 1. The molecule has 2 aromatic heterocycles. The van der Waals surface area contributed by atoms with Crippen LogP contribution in [0.2, 0.25) is 0 Å². The standard InChI is InChI=1S/C21H17N3O5S/c25-24(26)15-11-17-19(18(12-15)30-13-16-7-4-8-27-16)20(21-28-9-10-29-21)22-23(17)14-5-2-1-3-6-14/h1-8,11-12,21H,9-10,13H2. The van der Waals surface area contributed by atoms with Crippen LogP contribution in [0.25, 0.3) is 16.6 Å². The molecule has 8 nitrogen and oxygen atoms in total. The molecule has 0 atom stereocenters. The maximum Gasteiger partial charge on any atom is 0.272 e. The fourth-order valence-corrected chi connectivity index (χ4v) is 4.45. The summed E-state index contributed by atoms with van der Waals surface area (Å²) in [7, 11) is 0. The summed E-state index contributed by atoms with van der Waals surface area (Å²) >= 11 is 1.46. The Morgan fingerprint density at radius 2 is 1.93 bits per heavy atom. The van der Waals surface area contributed by atoms with Crippen LogP contribution in [0.1, 0.15) is 17.7 Å². The molecule has 0 N–H and O–H groups in total. The molecule has 0 aliphatic carbocycles. The van der Waals surface area contributed by atoms with Crippen LogP contribution >= 0.6 is 11.8 Å². The van der Waals surface area contributed by atoms with Crippen LogP contribution in [-0.2, 0) is 15.2 Å². The lowest BCUT2D eigenvalue weighted by atomic mass is 10.1. The average Bonchev–Trinajstić information content (AvgIpc) is 3.53. The van der Waals surface area contributed by atoms with Crippen molar-refractivity contribution in [1.29, 1.82) is 0 Å². The highest BCUT2D eigenvalue weighted by atomic mass is 32.2. The van der Waals surface area contributed by atoms with Crippen molar-refractivity contribution < 1.29 is 18.8 Å². The zero-order valence-electron chi connectivity index (χ0n) is 15.8. The van der Waals surface area contributed by atoms with Crippen molar-refractivity contribution >= 4 is 28.4 Å². The fourth-order valence-electron chi connectivity index (χ4n) is 3.43. The van der Waals surface area contributed by atoms with E-state index in [0.717, 1.165) is 21.7 Å². The largest absolute Gasteiger partial charge is 0.468 e. The van der Waals surface area contributed by atoms with Crippen LogP contribution in [-0.4, -0.2) is 27.9 Å². The first-order chi connectivity index (χ1) is 14.7. The molecule has 0 bridgehead atoms. The Morgan fingerprint density at radius 1 is 1.13 bits per heavy atom. The number of rotatable bonds is 6. The second-order valence-corrected chi connectivity index (χ2v) is 7.69. The van der Waals surface area contributed by atoms with Gasteiger partial charge in [-0.1, -0.05) is 18.2 Å². The van der Waals surface area contributed by atoms with Gasteiger partial charge in [0.15, 0.2) is 0 Å². The minimum absolute atomic E-state index is 0.00124. The second kappa shape index (κ2) is 7.94. The van der Waals surface area contributed by atoms with E-state index in [0.29, 0.717) is 30.2 Å². The van der Waals surface area contributed by atoms with E-state index in [1.54, 1.807) is 23.1 Å². The molecule has 2 aromatic carbocycles. The van der Waals surface area contributed by atoms with Crippen molar-refractivity contribution in [1.82, 2.24) is 9.78 Å². The topological polar surface area (TPSA) is 92.6 Å². The number of furan rings is 1. The molecule has 30 heavy (non-hydrogen) atoms. The Kier molecular flexibility index (Phi) is 4.99. The molecule has 0 saturated carbocycles. The molecule has 9 heteroatoms. The lowest BCUT2D eigenvalue weighted by Gasteiger charge is -2.08. The molecule has 152 valence electrons. The van der Waals surface area contributed by atoms with Crippen molar-refractivity contribution in [3.8, 4) is 5.69 Å². The maximum absolute atomic E-state index is 11.6. The van der Waals surface area contributed by atoms with Gasteiger partial charge in [-0.15, -0.1) is 11.8 Å². The van der Waals surface area contributed by atoms with Gasteiger partial charge in [-0.2, -0.15) is 5.10 Å². The fraction of sp³-hybridized carbons (Fsp3) is 0.190. The molecule has 0 spiro atoms. The van der Waals surface area contributed by atoms with E-state index >= 15 is 0 Å². The number of hydrogen-bond donors (Lipinski definition) is 0. The van der Waals surface area contributed by atoms with Crippen LogP contribution in [0.5, 0.6) is 0 Å². The molecular formula is C21H17N3O5S. The second-order valence-electron chi connectivity index (χ2n) is 6.67. The van der Waals surface area contributed by atoms with Crippen molar-refractivity contribution in [3.63, 3.8) is 0 Å². The number of non-ortho nitro benzene ring substituents is 1. The first-order valence-corrected chi connectivity index (χ1v) is 10.3. The maximum atomic E-state index is 11.6. The first-order valence-electron chi connectivity index (χ1n) is 9.35. The van der Waals surface area contributed by atoms with Crippen molar-refractivity contribution in [2.45, 2.75) is 16.9 Å². The van der Waals surface area contributed by atoms with Crippen LogP contribution in [0.15, 0.2) is 70.2 Å². The molecule has 0 unspecified atom stereocenters. The predicted octanol–water partition coefficient (Wildman–Crippen LogP) is 4.86. The lowest BCUT2D eigenvalue weighted by molar-refractivity contribution is -0.384. The molecule has 1 fully saturated rings. The number of benzene rings is 2.